The summed E-state index contributed by atoms with van der Waals surface area (Å²) < 4.78 is 0. The summed E-state index contributed by atoms with van der Waals surface area (Å²) >= 11 is 0. The zero-order chi connectivity index (χ0) is 24.7. The van der Waals surface area contributed by atoms with E-state index in [0.29, 0.717) is 24.3 Å². The number of rotatable bonds is 5. The second kappa shape index (κ2) is 9.09. The zero-order valence-electron chi connectivity index (χ0n) is 20.9. The van der Waals surface area contributed by atoms with Gasteiger partial charge in [0.2, 0.25) is 0 Å². The van der Waals surface area contributed by atoms with Crippen molar-refractivity contribution in [2.45, 2.75) is 77.4 Å². The van der Waals surface area contributed by atoms with Crippen molar-refractivity contribution in [3.8, 4) is 12.3 Å². The summed E-state index contributed by atoms with van der Waals surface area (Å²) in [5.41, 5.74) is 2.41. The van der Waals surface area contributed by atoms with Gasteiger partial charge in [0, 0.05) is 24.4 Å². The number of aliphatic hydroxyl groups is 1. The SMILES string of the molecule is C#C[C@@]1(O)CC[C@@H]2[C@H]3CCC4=CC(=NOCC(=O)NCc5cccnc5)CC[C@]4(C)[C@@H]3CC[C@@]21C. The summed E-state index contributed by atoms with van der Waals surface area (Å²) in [7, 11) is 0. The normalized spacial score (nSPS) is 39.0. The van der Waals surface area contributed by atoms with Crippen LogP contribution in [0, 0.1) is 40.9 Å². The van der Waals surface area contributed by atoms with E-state index in [0.717, 1.165) is 62.6 Å². The Morgan fingerprint density at radius 2 is 2.09 bits per heavy atom. The Labute approximate surface area is 208 Å². The summed E-state index contributed by atoms with van der Waals surface area (Å²) in [6.07, 6.45) is 19.5. The highest BCUT2D eigenvalue weighted by Crippen LogP contribution is 2.67. The molecule has 2 N–H and O–H groups in total. The summed E-state index contributed by atoms with van der Waals surface area (Å²) in [6.45, 7) is 5.01. The first-order chi connectivity index (χ1) is 16.8. The summed E-state index contributed by atoms with van der Waals surface area (Å²) in [5.74, 6) is 4.33. The lowest BCUT2D eigenvalue weighted by atomic mass is 9.46. The minimum absolute atomic E-state index is 0.0900. The standard InChI is InChI=1S/C29H37N3O3/c1-4-29(34)14-11-25-23-8-7-21-16-22(9-12-27(21,2)24(23)10-13-28(25,29)3)32-35-19-26(33)31-18-20-6-5-15-30-17-20/h1,5-6,15-17,23-25,34H,7-14,18-19H2,2-3H3,(H,31,33)/t23-,24+,25+,27-,28-,29+/m0/s1. The third-order valence-corrected chi connectivity index (χ3v) is 9.96. The second-order valence-corrected chi connectivity index (χ2v) is 11.5. The molecular weight excluding hydrogens is 438 g/mol. The molecule has 0 aliphatic heterocycles. The maximum absolute atomic E-state index is 12.1. The van der Waals surface area contributed by atoms with Crippen molar-refractivity contribution in [3.63, 3.8) is 0 Å². The van der Waals surface area contributed by atoms with Crippen LogP contribution in [-0.4, -0.2) is 33.9 Å². The molecule has 1 amide bonds. The molecule has 6 atom stereocenters. The van der Waals surface area contributed by atoms with E-state index in [4.69, 9.17) is 11.3 Å². The number of carbonyl (C=O) groups is 1. The number of terminal acetylenes is 1. The van der Waals surface area contributed by atoms with Crippen molar-refractivity contribution >= 4 is 11.6 Å². The van der Waals surface area contributed by atoms with Crippen molar-refractivity contribution in [1.82, 2.24) is 10.3 Å². The molecule has 6 heteroatoms. The van der Waals surface area contributed by atoms with E-state index >= 15 is 0 Å². The minimum Gasteiger partial charge on any atom is -0.385 e. The Morgan fingerprint density at radius 3 is 2.86 bits per heavy atom. The molecule has 1 aromatic heterocycles. The van der Waals surface area contributed by atoms with Gasteiger partial charge < -0.3 is 15.3 Å². The van der Waals surface area contributed by atoms with Gasteiger partial charge in [0.25, 0.3) is 5.91 Å². The molecule has 3 fully saturated rings. The van der Waals surface area contributed by atoms with Gasteiger partial charge in [0.1, 0.15) is 5.60 Å². The quantitative estimate of drug-likeness (QED) is 0.488. The van der Waals surface area contributed by atoms with Gasteiger partial charge in [-0.25, -0.2) is 0 Å². The fourth-order valence-electron chi connectivity index (χ4n) is 7.82. The van der Waals surface area contributed by atoms with Crippen molar-refractivity contribution in [3.05, 3.63) is 41.7 Å². The third-order valence-electron chi connectivity index (χ3n) is 9.96. The summed E-state index contributed by atoms with van der Waals surface area (Å²) in [4.78, 5) is 21.6. The van der Waals surface area contributed by atoms with E-state index < -0.39 is 5.60 Å². The predicted octanol–water partition coefficient (Wildman–Crippen LogP) is 4.40. The highest BCUT2D eigenvalue weighted by atomic mass is 16.6. The van der Waals surface area contributed by atoms with Gasteiger partial charge in [-0.3, -0.25) is 9.78 Å². The average molecular weight is 476 g/mol. The van der Waals surface area contributed by atoms with Gasteiger partial charge in [0.05, 0.1) is 5.71 Å². The number of allylic oxidation sites excluding steroid dienone is 2. The highest BCUT2D eigenvalue weighted by Gasteiger charge is 2.63. The van der Waals surface area contributed by atoms with Crippen LogP contribution in [0.15, 0.2) is 41.3 Å². The molecule has 6 nitrogen and oxygen atoms in total. The zero-order valence-corrected chi connectivity index (χ0v) is 20.9. The van der Waals surface area contributed by atoms with Crippen LogP contribution in [-0.2, 0) is 16.2 Å². The number of hydrogen-bond acceptors (Lipinski definition) is 5. The van der Waals surface area contributed by atoms with Crippen molar-refractivity contribution in [2.75, 3.05) is 6.61 Å². The molecule has 4 aliphatic rings. The van der Waals surface area contributed by atoms with Crippen LogP contribution in [0.2, 0.25) is 0 Å². The molecule has 0 spiro atoms. The maximum Gasteiger partial charge on any atom is 0.261 e. The Balaban J connectivity index is 1.21. The number of hydrogen-bond donors (Lipinski definition) is 2. The van der Waals surface area contributed by atoms with Crippen LogP contribution < -0.4 is 5.32 Å². The van der Waals surface area contributed by atoms with Crippen LogP contribution in [0.5, 0.6) is 0 Å². The summed E-state index contributed by atoms with van der Waals surface area (Å²) in [6, 6.07) is 3.77. The molecule has 0 saturated heterocycles. The molecule has 0 bridgehead atoms. The first kappa shape index (κ1) is 24.1. The van der Waals surface area contributed by atoms with E-state index in [1.807, 2.05) is 12.1 Å². The van der Waals surface area contributed by atoms with Crippen LogP contribution in [0.25, 0.3) is 0 Å². The van der Waals surface area contributed by atoms with Crippen LogP contribution in [0.4, 0.5) is 0 Å². The monoisotopic (exact) mass is 475 g/mol. The first-order valence-corrected chi connectivity index (χ1v) is 13.0. The van der Waals surface area contributed by atoms with Gasteiger partial charge in [-0.05, 0) is 92.2 Å². The van der Waals surface area contributed by atoms with Gasteiger partial charge >= 0.3 is 0 Å². The first-order valence-electron chi connectivity index (χ1n) is 13.0. The average Bonchev–Trinajstić information content (AvgIpc) is 3.14. The molecule has 4 aliphatic carbocycles. The Morgan fingerprint density at radius 1 is 1.26 bits per heavy atom. The van der Waals surface area contributed by atoms with Crippen LogP contribution in [0.3, 0.4) is 0 Å². The number of oxime groups is 1. The lowest BCUT2D eigenvalue weighted by Crippen LogP contribution is -2.54. The molecule has 5 rings (SSSR count). The van der Waals surface area contributed by atoms with Gasteiger partial charge in [-0.15, -0.1) is 6.42 Å². The molecule has 1 aromatic rings. The van der Waals surface area contributed by atoms with Gasteiger partial charge in [-0.1, -0.05) is 36.6 Å². The molecule has 1 heterocycles. The second-order valence-electron chi connectivity index (χ2n) is 11.5. The number of aromatic nitrogens is 1. The minimum atomic E-state index is -0.951. The highest BCUT2D eigenvalue weighted by molar-refractivity contribution is 5.96. The number of carbonyl (C=O) groups excluding carboxylic acids is 1. The van der Waals surface area contributed by atoms with Crippen LogP contribution >= 0.6 is 0 Å². The van der Waals surface area contributed by atoms with E-state index in [1.54, 1.807) is 12.4 Å². The molecular formula is C29H37N3O3. The summed E-state index contributed by atoms with van der Waals surface area (Å²) in [5, 5.41) is 18.3. The van der Waals surface area contributed by atoms with Gasteiger partial charge in [0.15, 0.2) is 6.61 Å². The molecule has 0 aromatic carbocycles. The topological polar surface area (TPSA) is 83.8 Å². The maximum atomic E-state index is 12.1. The van der Waals surface area contributed by atoms with Crippen molar-refractivity contribution in [2.24, 2.45) is 33.7 Å². The smallest absolute Gasteiger partial charge is 0.261 e. The molecule has 35 heavy (non-hydrogen) atoms. The fourth-order valence-corrected chi connectivity index (χ4v) is 7.82. The number of pyridine rings is 1. The third kappa shape index (κ3) is 4.08. The molecule has 3 saturated carbocycles. The molecule has 186 valence electrons. The largest absolute Gasteiger partial charge is 0.385 e. The lowest BCUT2D eigenvalue weighted by molar-refractivity contribution is -0.125. The van der Waals surface area contributed by atoms with Gasteiger partial charge in [-0.2, -0.15) is 0 Å². The van der Waals surface area contributed by atoms with E-state index in [9.17, 15) is 9.90 Å². The van der Waals surface area contributed by atoms with Crippen LogP contribution in [0.1, 0.15) is 70.8 Å². The number of nitrogens with one attached hydrogen (secondary N) is 1. The van der Waals surface area contributed by atoms with Crippen molar-refractivity contribution < 1.29 is 14.7 Å². The number of nitrogens with zero attached hydrogens (tertiary/aromatic N) is 2. The Kier molecular flexibility index (Phi) is 6.25. The van der Waals surface area contributed by atoms with E-state index in [2.05, 4.69) is 41.3 Å². The van der Waals surface area contributed by atoms with Crippen molar-refractivity contribution in [1.29, 1.82) is 0 Å². The number of fused-ring (bicyclic) bond motifs is 5. The van der Waals surface area contributed by atoms with E-state index in [-0.39, 0.29) is 23.3 Å². The number of amides is 1. The Hall–Kier alpha value is -2.65. The molecule has 0 radical (unpaired) electrons. The van der Waals surface area contributed by atoms with E-state index in [1.165, 1.54) is 5.57 Å². The lowest BCUT2D eigenvalue weighted by Gasteiger charge is -2.58. The molecule has 0 unspecified atom stereocenters. The Bertz CT molecular complexity index is 1080. The predicted molar refractivity (Wildman–Crippen MR) is 135 cm³/mol. The fraction of sp³-hybridized carbons (Fsp3) is 0.621.